The van der Waals surface area contributed by atoms with Gasteiger partial charge in [0.1, 0.15) is 6.54 Å². The number of hydrogen-bond donors (Lipinski definition) is 1. The fourth-order valence-corrected chi connectivity index (χ4v) is 2.10. The van der Waals surface area contributed by atoms with Gasteiger partial charge in [0.15, 0.2) is 0 Å². The zero-order chi connectivity index (χ0) is 16.1. The van der Waals surface area contributed by atoms with Crippen molar-refractivity contribution in [2.75, 3.05) is 0 Å². The van der Waals surface area contributed by atoms with E-state index in [-0.39, 0.29) is 24.3 Å². The number of rotatable bonds is 6. The molecule has 2 aromatic rings. The predicted molar refractivity (Wildman–Crippen MR) is 81.3 cm³/mol. The van der Waals surface area contributed by atoms with Crippen molar-refractivity contribution in [1.29, 1.82) is 0 Å². The van der Waals surface area contributed by atoms with Crippen LogP contribution >= 0.6 is 0 Å². The molecule has 0 bridgehead atoms. The van der Waals surface area contributed by atoms with Crippen LogP contribution in [0.2, 0.25) is 0 Å². The van der Waals surface area contributed by atoms with Crippen molar-refractivity contribution in [1.82, 2.24) is 15.1 Å². The summed E-state index contributed by atoms with van der Waals surface area (Å²) >= 11 is 0. The van der Waals surface area contributed by atoms with E-state index in [2.05, 4.69) is 17.3 Å². The molecule has 1 aromatic heterocycles. The Kier molecular flexibility index (Phi) is 4.88. The number of nitrogens with zero attached hydrogens (tertiary/aromatic N) is 3. The normalized spacial score (nSPS) is 11.9. The van der Waals surface area contributed by atoms with E-state index in [0.29, 0.717) is 0 Å². The standard InChI is InChI=1S/C15H18N4O3/c1-3-12-4-6-13(7-5-12)11(2)16-15(20)10-18-9-8-14(17-18)19(21)22/h4-9,11H,3,10H2,1-2H3,(H,16,20). The summed E-state index contributed by atoms with van der Waals surface area (Å²) in [6, 6.07) is 9.18. The largest absolute Gasteiger partial charge is 0.389 e. The molecule has 116 valence electrons. The molecule has 0 saturated carbocycles. The summed E-state index contributed by atoms with van der Waals surface area (Å²) in [5.41, 5.74) is 2.25. The van der Waals surface area contributed by atoms with Crippen LogP contribution < -0.4 is 5.32 Å². The number of benzene rings is 1. The lowest BCUT2D eigenvalue weighted by Crippen LogP contribution is -2.30. The van der Waals surface area contributed by atoms with E-state index in [4.69, 9.17) is 0 Å². The molecule has 0 saturated heterocycles. The number of aromatic nitrogens is 2. The summed E-state index contributed by atoms with van der Waals surface area (Å²) in [4.78, 5) is 21.9. The van der Waals surface area contributed by atoms with Gasteiger partial charge in [-0.15, -0.1) is 0 Å². The van der Waals surface area contributed by atoms with Gasteiger partial charge in [-0.2, -0.15) is 4.68 Å². The first-order valence-electron chi connectivity index (χ1n) is 7.05. The van der Waals surface area contributed by atoms with Crippen molar-refractivity contribution in [3.8, 4) is 0 Å². The maximum atomic E-state index is 12.0. The molecule has 0 radical (unpaired) electrons. The molecule has 0 spiro atoms. The second kappa shape index (κ2) is 6.84. The number of hydrogen-bond acceptors (Lipinski definition) is 4. The monoisotopic (exact) mass is 302 g/mol. The Bertz CT molecular complexity index is 664. The third-order valence-corrected chi connectivity index (χ3v) is 3.38. The summed E-state index contributed by atoms with van der Waals surface area (Å²) in [5, 5.41) is 17.1. The lowest BCUT2D eigenvalue weighted by molar-refractivity contribution is -0.389. The quantitative estimate of drug-likeness (QED) is 0.654. The first-order chi connectivity index (χ1) is 10.5. The molecule has 1 heterocycles. The highest BCUT2D eigenvalue weighted by molar-refractivity contribution is 5.76. The Balaban J connectivity index is 1.93. The third kappa shape index (κ3) is 3.91. The molecule has 0 fully saturated rings. The van der Waals surface area contributed by atoms with E-state index < -0.39 is 4.92 Å². The van der Waals surface area contributed by atoms with E-state index in [1.54, 1.807) is 0 Å². The van der Waals surface area contributed by atoms with Crippen LogP contribution in [0.1, 0.15) is 31.0 Å². The van der Waals surface area contributed by atoms with Crippen LogP contribution in [0.3, 0.4) is 0 Å². The third-order valence-electron chi connectivity index (χ3n) is 3.38. The molecule has 7 heteroatoms. The van der Waals surface area contributed by atoms with Crippen molar-refractivity contribution in [3.63, 3.8) is 0 Å². The topological polar surface area (TPSA) is 90.1 Å². The number of nitrogens with one attached hydrogen (secondary N) is 1. The van der Waals surface area contributed by atoms with E-state index in [1.165, 1.54) is 22.5 Å². The van der Waals surface area contributed by atoms with Gasteiger partial charge in [-0.25, -0.2) is 0 Å². The van der Waals surface area contributed by atoms with Gasteiger partial charge in [-0.3, -0.25) is 4.79 Å². The molecule has 0 aliphatic carbocycles. The molecule has 1 amide bonds. The maximum absolute atomic E-state index is 12.0. The molecule has 22 heavy (non-hydrogen) atoms. The number of carbonyl (C=O) groups is 1. The number of amides is 1. The zero-order valence-electron chi connectivity index (χ0n) is 12.5. The maximum Gasteiger partial charge on any atom is 0.389 e. The number of carbonyl (C=O) groups excluding carboxylic acids is 1. The Hall–Kier alpha value is -2.70. The van der Waals surface area contributed by atoms with Crippen LogP contribution in [-0.2, 0) is 17.8 Å². The molecule has 2 rings (SSSR count). The molecule has 7 nitrogen and oxygen atoms in total. The second-order valence-electron chi connectivity index (χ2n) is 5.01. The molecule has 1 unspecified atom stereocenters. The van der Waals surface area contributed by atoms with Gasteiger partial charge in [-0.05, 0) is 29.4 Å². The van der Waals surface area contributed by atoms with E-state index in [0.717, 1.165) is 12.0 Å². The molecule has 1 atom stereocenters. The lowest BCUT2D eigenvalue weighted by atomic mass is 10.1. The lowest BCUT2D eigenvalue weighted by Gasteiger charge is -2.14. The van der Waals surface area contributed by atoms with Crippen molar-refractivity contribution < 1.29 is 9.72 Å². The highest BCUT2D eigenvalue weighted by Gasteiger charge is 2.15. The van der Waals surface area contributed by atoms with Gasteiger partial charge in [0, 0.05) is 0 Å². The first-order valence-corrected chi connectivity index (χ1v) is 7.05. The molecular formula is C15H18N4O3. The Morgan fingerprint density at radius 1 is 1.36 bits per heavy atom. The average Bonchev–Trinajstić information content (AvgIpc) is 2.95. The minimum Gasteiger partial charge on any atom is -0.358 e. The van der Waals surface area contributed by atoms with Crippen molar-refractivity contribution in [2.45, 2.75) is 32.9 Å². The van der Waals surface area contributed by atoms with E-state index in [9.17, 15) is 14.9 Å². The van der Waals surface area contributed by atoms with Crippen LogP contribution in [0.25, 0.3) is 0 Å². The van der Waals surface area contributed by atoms with Crippen molar-refractivity contribution >= 4 is 11.7 Å². The summed E-state index contributed by atoms with van der Waals surface area (Å²) in [7, 11) is 0. The van der Waals surface area contributed by atoms with E-state index >= 15 is 0 Å². The summed E-state index contributed by atoms with van der Waals surface area (Å²) < 4.78 is 1.25. The minimum absolute atomic E-state index is 0.0504. The molecule has 0 aliphatic heterocycles. The van der Waals surface area contributed by atoms with Crippen molar-refractivity contribution in [2.24, 2.45) is 0 Å². The summed E-state index contributed by atoms with van der Waals surface area (Å²) in [6.07, 6.45) is 2.39. The van der Waals surface area contributed by atoms with Crippen LogP contribution in [-0.4, -0.2) is 20.6 Å². The Morgan fingerprint density at radius 2 is 2.05 bits per heavy atom. The fraction of sp³-hybridized carbons (Fsp3) is 0.333. The molecular weight excluding hydrogens is 284 g/mol. The van der Waals surface area contributed by atoms with Crippen molar-refractivity contribution in [3.05, 3.63) is 57.8 Å². The highest BCUT2D eigenvalue weighted by atomic mass is 16.6. The minimum atomic E-state index is -0.591. The van der Waals surface area contributed by atoms with Crippen LogP contribution in [0.15, 0.2) is 36.5 Å². The fourth-order valence-electron chi connectivity index (χ4n) is 2.10. The molecule has 1 aromatic carbocycles. The smallest absolute Gasteiger partial charge is 0.358 e. The average molecular weight is 302 g/mol. The van der Waals surface area contributed by atoms with E-state index in [1.807, 2.05) is 31.2 Å². The van der Waals surface area contributed by atoms with Gasteiger partial charge in [0.25, 0.3) is 0 Å². The second-order valence-corrected chi connectivity index (χ2v) is 5.01. The Labute approximate surface area is 128 Å². The predicted octanol–water partition coefficient (Wildman–Crippen LogP) is 2.23. The molecule has 1 N–H and O–H groups in total. The first kappa shape index (κ1) is 15.7. The van der Waals surface area contributed by atoms with Crippen LogP contribution in [0.4, 0.5) is 5.82 Å². The molecule has 0 aliphatic rings. The number of nitro groups is 1. The van der Waals surface area contributed by atoms with Gasteiger partial charge in [0.05, 0.1) is 23.4 Å². The Morgan fingerprint density at radius 3 is 2.59 bits per heavy atom. The van der Waals surface area contributed by atoms with Gasteiger partial charge < -0.3 is 15.4 Å². The van der Waals surface area contributed by atoms with Crippen LogP contribution in [0.5, 0.6) is 0 Å². The van der Waals surface area contributed by atoms with Crippen LogP contribution in [0, 0.1) is 10.1 Å². The SMILES string of the molecule is CCc1ccc(C(C)NC(=O)Cn2ccc([N+](=O)[O-])n2)cc1. The number of aryl methyl sites for hydroxylation is 1. The summed E-state index contributed by atoms with van der Waals surface area (Å²) in [5.74, 6) is -0.513. The zero-order valence-corrected chi connectivity index (χ0v) is 12.5. The van der Waals surface area contributed by atoms with Gasteiger partial charge >= 0.3 is 5.82 Å². The van der Waals surface area contributed by atoms with Gasteiger partial charge in [-0.1, -0.05) is 31.2 Å². The van der Waals surface area contributed by atoms with Gasteiger partial charge in [0.2, 0.25) is 5.91 Å². The summed E-state index contributed by atoms with van der Waals surface area (Å²) in [6.45, 7) is 3.93. The highest BCUT2D eigenvalue weighted by Crippen LogP contribution is 2.14.